The first-order valence-electron chi connectivity index (χ1n) is 8.28. The van der Waals surface area contributed by atoms with E-state index in [4.69, 9.17) is 0 Å². The van der Waals surface area contributed by atoms with E-state index in [9.17, 15) is 9.59 Å². The number of anilines is 3. The average molecular weight is 345 g/mol. The summed E-state index contributed by atoms with van der Waals surface area (Å²) >= 11 is 0. The molecule has 130 valence electrons. The molecule has 1 aromatic heterocycles. The second kappa shape index (κ2) is 8.07. The summed E-state index contributed by atoms with van der Waals surface area (Å²) in [6, 6.07) is 20.4. The molecular formula is C21H19N3O2. The highest BCUT2D eigenvalue weighted by Gasteiger charge is 2.05. The van der Waals surface area contributed by atoms with Crippen molar-refractivity contribution in [3.05, 3.63) is 84.1 Å². The maximum absolute atomic E-state index is 12.1. The number of carbonyl (C=O) groups excluding carboxylic acids is 2. The van der Waals surface area contributed by atoms with Crippen molar-refractivity contribution in [3.63, 3.8) is 0 Å². The molecule has 0 fully saturated rings. The van der Waals surface area contributed by atoms with Crippen molar-refractivity contribution in [3.8, 4) is 0 Å². The summed E-state index contributed by atoms with van der Waals surface area (Å²) in [4.78, 5) is 27.7. The van der Waals surface area contributed by atoms with E-state index in [0.29, 0.717) is 23.5 Å². The van der Waals surface area contributed by atoms with Crippen LogP contribution >= 0.6 is 0 Å². The molecule has 0 unspecified atom stereocenters. The van der Waals surface area contributed by atoms with E-state index in [1.54, 1.807) is 30.5 Å². The minimum absolute atomic E-state index is 0.0327. The van der Waals surface area contributed by atoms with Gasteiger partial charge >= 0.3 is 0 Å². The average Bonchev–Trinajstić information content (AvgIpc) is 2.64. The number of pyridine rings is 1. The lowest BCUT2D eigenvalue weighted by Gasteiger charge is -2.08. The third kappa shape index (κ3) is 4.77. The second-order valence-electron chi connectivity index (χ2n) is 5.90. The molecule has 2 aromatic carbocycles. The summed E-state index contributed by atoms with van der Waals surface area (Å²) in [5, 5.41) is 5.99. The van der Waals surface area contributed by atoms with Crippen molar-refractivity contribution < 1.29 is 9.59 Å². The number of Topliss-reactive ketones (excluding diaryl/α,β-unsaturated/α-hetero) is 1. The Balaban J connectivity index is 1.57. The molecule has 0 spiro atoms. The number of rotatable bonds is 6. The van der Waals surface area contributed by atoms with Crippen molar-refractivity contribution in [2.75, 3.05) is 10.6 Å². The van der Waals surface area contributed by atoms with Crippen LogP contribution < -0.4 is 10.6 Å². The SMILES string of the molecule is CC(=O)c1ccc(Nc2ccc(NC(=O)Cc3ccccc3)cn2)cc1. The standard InChI is InChI=1S/C21H19N3O2/c1-15(25)17-7-9-18(10-8-17)23-20-12-11-19(14-22-20)24-21(26)13-16-5-3-2-4-6-16/h2-12,14H,13H2,1H3,(H,22,23)(H,24,26). The zero-order valence-corrected chi connectivity index (χ0v) is 14.4. The Morgan fingerprint density at radius 1 is 0.885 bits per heavy atom. The fraction of sp³-hybridized carbons (Fsp3) is 0.0952. The summed E-state index contributed by atoms with van der Waals surface area (Å²) in [6.07, 6.45) is 1.93. The van der Waals surface area contributed by atoms with E-state index in [-0.39, 0.29) is 11.7 Å². The summed E-state index contributed by atoms with van der Waals surface area (Å²) in [6.45, 7) is 1.54. The van der Waals surface area contributed by atoms with Crippen molar-refractivity contribution in [2.24, 2.45) is 0 Å². The van der Waals surface area contributed by atoms with Crippen LogP contribution in [0.25, 0.3) is 0 Å². The van der Waals surface area contributed by atoms with Gasteiger partial charge in [0.05, 0.1) is 18.3 Å². The smallest absolute Gasteiger partial charge is 0.228 e. The number of ketones is 1. The molecule has 0 bridgehead atoms. The van der Waals surface area contributed by atoms with Gasteiger partial charge < -0.3 is 10.6 Å². The normalized spacial score (nSPS) is 10.2. The van der Waals surface area contributed by atoms with Gasteiger partial charge in [0, 0.05) is 11.3 Å². The third-order valence-corrected chi connectivity index (χ3v) is 3.82. The molecule has 0 aliphatic carbocycles. The highest BCUT2D eigenvalue weighted by Crippen LogP contribution is 2.17. The molecule has 2 N–H and O–H groups in total. The van der Waals surface area contributed by atoms with Crippen molar-refractivity contribution in [2.45, 2.75) is 13.3 Å². The molecule has 5 heteroatoms. The van der Waals surface area contributed by atoms with Crippen LogP contribution in [0.15, 0.2) is 72.9 Å². The molecule has 26 heavy (non-hydrogen) atoms. The Bertz CT molecular complexity index is 889. The Hall–Kier alpha value is -3.47. The van der Waals surface area contributed by atoms with Crippen LogP contribution in [-0.2, 0) is 11.2 Å². The van der Waals surface area contributed by atoms with Gasteiger partial charge in [0.1, 0.15) is 5.82 Å². The molecule has 0 atom stereocenters. The summed E-state index contributed by atoms with van der Waals surface area (Å²) in [5.74, 6) is 0.602. The monoisotopic (exact) mass is 345 g/mol. The quantitative estimate of drug-likeness (QED) is 0.657. The third-order valence-electron chi connectivity index (χ3n) is 3.82. The lowest BCUT2D eigenvalue weighted by Crippen LogP contribution is -2.14. The van der Waals surface area contributed by atoms with Gasteiger partial charge in [0.15, 0.2) is 5.78 Å². The molecule has 0 aliphatic rings. The molecule has 0 aliphatic heterocycles. The minimum atomic E-state index is -0.0847. The first-order valence-corrected chi connectivity index (χ1v) is 8.28. The second-order valence-corrected chi connectivity index (χ2v) is 5.90. The van der Waals surface area contributed by atoms with Crippen molar-refractivity contribution >= 4 is 28.9 Å². The molecule has 0 radical (unpaired) electrons. The lowest BCUT2D eigenvalue weighted by molar-refractivity contribution is -0.115. The van der Waals surface area contributed by atoms with Crippen LogP contribution in [0, 0.1) is 0 Å². The topological polar surface area (TPSA) is 71.1 Å². The molecule has 5 nitrogen and oxygen atoms in total. The lowest BCUT2D eigenvalue weighted by atomic mass is 10.1. The fourth-order valence-corrected chi connectivity index (χ4v) is 2.46. The number of carbonyl (C=O) groups is 2. The van der Waals surface area contributed by atoms with Crippen molar-refractivity contribution in [1.29, 1.82) is 0 Å². The van der Waals surface area contributed by atoms with Gasteiger partial charge in [0.25, 0.3) is 0 Å². The molecule has 1 amide bonds. The van der Waals surface area contributed by atoms with Gasteiger partial charge in [-0.25, -0.2) is 4.98 Å². The number of aromatic nitrogens is 1. The van der Waals surface area contributed by atoms with Gasteiger partial charge in [-0.3, -0.25) is 9.59 Å². The summed E-state index contributed by atoms with van der Waals surface area (Å²) < 4.78 is 0. The van der Waals surface area contributed by atoms with Crippen molar-refractivity contribution in [1.82, 2.24) is 4.98 Å². The van der Waals surface area contributed by atoms with Crippen LogP contribution in [0.4, 0.5) is 17.2 Å². The summed E-state index contributed by atoms with van der Waals surface area (Å²) in [7, 11) is 0. The van der Waals surface area contributed by atoms with Gasteiger partial charge in [-0.05, 0) is 48.9 Å². The molecule has 3 aromatic rings. The minimum Gasteiger partial charge on any atom is -0.340 e. The Labute approximate surface area is 152 Å². The first kappa shape index (κ1) is 17.4. The highest BCUT2D eigenvalue weighted by molar-refractivity contribution is 5.94. The van der Waals surface area contributed by atoms with Crippen LogP contribution in [0.1, 0.15) is 22.8 Å². The molecule has 3 rings (SSSR count). The maximum Gasteiger partial charge on any atom is 0.228 e. The van der Waals surface area contributed by atoms with E-state index < -0.39 is 0 Å². The van der Waals surface area contributed by atoms with E-state index in [0.717, 1.165) is 11.3 Å². The molecule has 0 saturated heterocycles. The van der Waals surface area contributed by atoms with Gasteiger partial charge in [-0.2, -0.15) is 0 Å². The number of benzene rings is 2. The maximum atomic E-state index is 12.1. The zero-order valence-electron chi connectivity index (χ0n) is 14.4. The Kier molecular flexibility index (Phi) is 5.39. The van der Waals surface area contributed by atoms with Gasteiger partial charge in [0.2, 0.25) is 5.91 Å². The summed E-state index contributed by atoms with van der Waals surface area (Å²) in [5.41, 5.74) is 3.11. The first-order chi connectivity index (χ1) is 12.6. The van der Waals surface area contributed by atoms with Crippen LogP contribution in [0.3, 0.4) is 0 Å². The van der Waals surface area contributed by atoms with E-state index in [2.05, 4.69) is 15.6 Å². The molecule has 0 saturated carbocycles. The zero-order chi connectivity index (χ0) is 18.4. The Morgan fingerprint density at radius 3 is 2.19 bits per heavy atom. The number of hydrogen-bond donors (Lipinski definition) is 2. The Morgan fingerprint density at radius 2 is 1.58 bits per heavy atom. The predicted molar refractivity (Wildman–Crippen MR) is 103 cm³/mol. The van der Waals surface area contributed by atoms with Crippen LogP contribution in [0.2, 0.25) is 0 Å². The fourth-order valence-electron chi connectivity index (χ4n) is 2.46. The van der Waals surface area contributed by atoms with Gasteiger partial charge in [-0.15, -0.1) is 0 Å². The van der Waals surface area contributed by atoms with Crippen LogP contribution in [-0.4, -0.2) is 16.7 Å². The van der Waals surface area contributed by atoms with Crippen LogP contribution in [0.5, 0.6) is 0 Å². The van der Waals surface area contributed by atoms with Gasteiger partial charge in [-0.1, -0.05) is 30.3 Å². The number of amides is 1. The predicted octanol–water partition coefficient (Wildman–Crippen LogP) is 4.21. The number of hydrogen-bond acceptors (Lipinski definition) is 4. The van der Waals surface area contributed by atoms with E-state index in [1.165, 1.54) is 6.92 Å². The largest absolute Gasteiger partial charge is 0.340 e. The van der Waals surface area contributed by atoms with E-state index >= 15 is 0 Å². The highest BCUT2D eigenvalue weighted by atomic mass is 16.1. The molecule has 1 heterocycles. The number of nitrogens with one attached hydrogen (secondary N) is 2. The molecular weight excluding hydrogens is 326 g/mol. The van der Waals surface area contributed by atoms with E-state index in [1.807, 2.05) is 42.5 Å². The number of nitrogens with zero attached hydrogens (tertiary/aromatic N) is 1.